The number of hydrogen-bond donors (Lipinski definition) is 3. The van der Waals surface area contributed by atoms with Crippen LogP contribution in [-0.4, -0.2) is 58.9 Å². The molecule has 4 rings (SSSR count). The van der Waals surface area contributed by atoms with Crippen molar-refractivity contribution in [2.24, 2.45) is 11.7 Å². The zero-order valence-corrected chi connectivity index (χ0v) is 19.2. The molecule has 1 aliphatic carbocycles. The van der Waals surface area contributed by atoms with Crippen LogP contribution in [0.5, 0.6) is 0 Å². The number of nitrogens with two attached hydrogens (primary N) is 1. The van der Waals surface area contributed by atoms with Crippen LogP contribution in [0, 0.1) is 5.92 Å². The number of hydrogen-bond acceptors (Lipinski definition) is 6. The Morgan fingerprint density at radius 3 is 2.58 bits per heavy atom. The van der Waals surface area contributed by atoms with Gasteiger partial charge in [-0.15, -0.1) is 0 Å². The molecule has 3 aliphatic rings. The number of carbonyl (C=O) groups excluding carboxylic acids is 2. The van der Waals surface area contributed by atoms with Crippen molar-refractivity contribution in [3.63, 3.8) is 0 Å². The maximum Gasteiger partial charge on any atom is 0.343 e. The number of esters is 1. The predicted octanol–water partition coefficient (Wildman–Crippen LogP) is 1.88. The van der Waals surface area contributed by atoms with Crippen LogP contribution in [0.1, 0.15) is 44.1 Å². The first-order chi connectivity index (χ1) is 15.9. The molecule has 1 saturated heterocycles. The van der Waals surface area contributed by atoms with Gasteiger partial charge in [-0.2, -0.15) is 0 Å². The highest BCUT2D eigenvalue weighted by Crippen LogP contribution is 2.42. The van der Waals surface area contributed by atoms with Crippen molar-refractivity contribution in [1.29, 1.82) is 0 Å². The van der Waals surface area contributed by atoms with Gasteiger partial charge in [-0.25, -0.2) is 9.80 Å². The molecule has 1 amide bonds. The second-order valence-corrected chi connectivity index (χ2v) is 9.59. The molecule has 4 atom stereocenters. The van der Waals surface area contributed by atoms with Crippen molar-refractivity contribution in [3.8, 4) is 0 Å². The van der Waals surface area contributed by atoms with Crippen LogP contribution < -0.4 is 11.2 Å². The standard InChI is InChI=1S/C25H34N4O4/c1-29(23(22(26)30)28-16-8-7-15-27-28)17-9-14-21(29)18-33-24(31)25(32,20-12-5-6-13-20)19-10-3-2-4-11-19/h2-4,7-8,10-11,15-16,20-21,23,27,32H,5-6,9,12-14,17-18H2,1H3,(H-,26,30)/p+1/t21-,23?,25?,29?/m1/s1. The van der Waals surface area contributed by atoms with Crippen molar-refractivity contribution < 1.29 is 23.9 Å². The number of likely N-dealkylation sites (N-methyl/N-ethyl adjacent to an activating group) is 1. The summed E-state index contributed by atoms with van der Waals surface area (Å²) in [7, 11) is 1.98. The Morgan fingerprint density at radius 1 is 1.21 bits per heavy atom. The molecule has 2 aliphatic heterocycles. The lowest BCUT2D eigenvalue weighted by Crippen LogP contribution is -2.68. The van der Waals surface area contributed by atoms with Gasteiger partial charge in [0.25, 0.3) is 12.1 Å². The molecule has 0 spiro atoms. The number of ether oxygens (including phenoxy) is 1. The number of allylic oxidation sites excluding steroid dienone is 2. The van der Waals surface area contributed by atoms with Crippen molar-refractivity contribution in [2.45, 2.75) is 56.3 Å². The van der Waals surface area contributed by atoms with Gasteiger partial charge in [0, 0.05) is 31.2 Å². The van der Waals surface area contributed by atoms with Gasteiger partial charge >= 0.3 is 5.97 Å². The molecule has 2 heterocycles. The Kier molecular flexibility index (Phi) is 6.76. The number of likely N-dealkylation sites (tertiary alicyclic amines) is 1. The molecule has 1 aromatic rings. The predicted molar refractivity (Wildman–Crippen MR) is 124 cm³/mol. The van der Waals surface area contributed by atoms with Gasteiger partial charge in [0.2, 0.25) is 0 Å². The number of benzene rings is 1. The highest BCUT2D eigenvalue weighted by Gasteiger charge is 2.52. The normalized spacial score (nSPS) is 27.7. The van der Waals surface area contributed by atoms with Crippen LogP contribution in [0.4, 0.5) is 0 Å². The van der Waals surface area contributed by atoms with Crippen LogP contribution >= 0.6 is 0 Å². The fraction of sp³-hybridized carbons (Fsp3) is 0.520. The molecule has 8 nitrogen and oxygen atoms in total. The molecule has 0 bridgehead atoms. The Hall–Kier alpha value is -2.84. The SMILES string of the molecule is C[N+]1(C(C(N)=O)N2C=CC=CN2)CCC[C@@H]1COC(=O)C(O)(c1ccccc1)C1CCCC1. The minimum absolute atomic E-state index is 0.115. The molecule has 4 N–H and O–H groups in total. The van der Waals surface area contributed by atoms with Crippen LogP contribution in [0.25, 0.3) is 0 Å². The molecule has 8 heteroatoms. The number of quaternary nitrogens is 1. The first-order valence-corrected chi connectivity index (χ1v) is 11.8. The lowest BCUT2D eigenvalue weighted by Gasteiger charge is -2.45. The summed E-state index contributed by atoms with van der Waals surface area (Å²) in [5.74, 6) is -1.21. The quantitative estimate of drug-likeness (QED) is 0.408. The number of carbonyl (C=O) groups is 2. The fourth-order valence-electron chi connectivity index (χ4n) is 5.79. The second-order valence-electron chi connectivity index (χ2n) is 9.59. The van der Waals surface area contributed by atoms with Crippen LogP contribution in [0.3, 0.4) is 0 Å². The third kappa shape index (κ3) is 4.37. The maximum atomic E-state index is 13.4. The van der Waals surface area contributed by atoms with E-state index in [9.17, 15) is 14.7 Å². The minimum atomic E-state index is -1.66. The molecule has 0 radical (unpaired) electrons. The molecule has 33 heavy (non-hydrogen) atoms. The molecule has 2 fully saturated rings. The first kappa shape index (κ1) is 23.3. The van der Waals surface area contributed by atoms with E-state index in [0.717, 1.165) is 45.1 Å². The van der Waals surface area contributed by atoms with Crippen molar-refractivity contribution in [2.75, 3.05) is 20.2 Å². The third-order valence-electron chi connectivity index (χ3n) is 7.64. The van der Waals surface area contributed by atoms with Gasteiger partial charge in [0.15, 0.2) is 5.60 Å². The number of aliphatic hydroxyl groups is 1. The first-order valence-electron chi connectivity index (χ1n) is 11.8. The Morgan fingerprint density at radius 2 is 1.94 bits per heavy atom. The molecular weight excluding hydrogens is 420 g/mol. The number of nitrogens with one attached hydrogen (secondary N) is 1. The van der Waals surface area contributed by atoms with E-state index in [1.165, 1.54) is 0 Å². The Balaban J connectivity index is 1.53. The van der Waals surface area contributed by atoms with Crippen LogP contribution in [0.2, 0.25) is 0 Å². The largest absolute Gasteiger partial charge is 0.457 e. The molecule has 1 aromatic carbocycles. The summed E-state index contributed by atoms with van der Waals surface area (Å²) in [6.07, 6.45) is 11.8. The highest BCUT2D eigenvalue weighted by molar-refractivity contribution is 5.81. The van der Waals surface area contributed by atoms with Crippen LogP contribution in [-0.2, 0) is 19.9 Å². The van der Waals surface area contributed by atoms with Crippen molar-refractivity contribution in [3.05, 3.63) is 60.4 Å². The van der Waals surface area contributed by atoms with Gasteiger partial charge in [-0.05, 0) is 30.6 Å². The van der Waals surface area contributed by atoms with E-state index in [1.807, 2.05) is 37.4 Å². The van der Waals surface area contributed by atoms with Gasteiger partial charge in [-0.3, -0.25) is 9.28 Å². The summed E-state index contributed by atoms with van der Waals surface area (Å²) in [5.41, 5.74) is 7.83. The van der Waals surface area contributed by atoms with Gasteiger partial charge in [0.05, 0.1) is 13.6 Å². The zero-order valence-electron chi connectivity index (χ0n) is 19.2. The van der Waals surface area contributed by atoms with E-state index < -0.39 is 23.6 Å². The summed E-state index contributed by atoms with van der Waals surface area (Å²) in [6.45, 7) is 0.853. The summed E-state index contributed by atoms with van der Waals surface area (Å²) in [4.78, 5) is 25.9. The number of hydrazine groups is 1. The summed E-state index contributed by atoms with van der Waals surface area (Å²) in [6, 6.07) is 9.00. The van der Waals surface area contributed by atoms with Gasteiger partial charge < -0.3 is 21.0 Å². The number of rotatable bonds is 8. The van der Waals surface area contributed by atoms with E-state index in [1.54, 1.807) is 29.5 Å². The molecule has 1 saturated carbocycles. The van der Waals surface area contributed by atoms with E-state index in [4.69, 9.17) is 10.5 Å². The number of amides is 1. The average molecular weight is 456 g/mol. The summed E-state index contributed by atoms with van der Waals surface area (Å²) < 4.78 is 6.18. The molecule has 3 unspecified atom stereocenters. The van der Waals surface area contributed by atoms with E-state index in [0.29, 0.717) is 10.0 Å². The van der Waals surface area contributed by atoms with Crippen molar-refractivity contribution >= 4 is 11.9 Å². The number of primary amides is 1. The minimum Gasteiger partial charge on any atom is -0.457 e. The van der Waals surface area contributed by atoms with Gasteiger partial charge in [-0.1, -0.05) is 43.2 Å². The smallest absolute Gasteiger partial charge is 0.343 e. The topological polar surface area (TPSA) is 105 Å². The van der Waals surface area contributed by atoms with E-state index >= 15 is 0 Å². The molecule has 0 aromatic heterocycles. The third-order valence-corrected chi connectivity index (χ3v) is 7.64. The summed E-state index contributed by atoms with van der Waals surface area (Å²) >= 11 is 0. The Labute approximate surface area is 195 Å². The fourth-order valence-corrected chi connectivity index (χ4v) is 5.79. The van der Waals surface area contributed by atoms with Gasteiger partial charge in [0.1, 0.15) is 12.6 Å². The maximum absolute atomic E-state index is 13.4. The lowest BCUT2D eigenvalue weighted by molar-refractivity contribution is -0.946. The average Bonchev–Trinajstić information content (AvgIpc) is 3.49. The Bertz CT molecular complexity index is 914. The summed E-state index contributed by atoms with van der Waals surface area (Å²) in [5, 5.41) is 13.4. The molecule has 178 valence electrons. The monoisotopic (exact) mass is 455 g/mol. The number of nitrogens with zero attached hydrogens (tertiary/aromatic N) is 2. The van der Waals surface area contributed by atoms with Crippen LogP contribution in [0.15, 0.2) is 54.9 Å². The lowest BCUT2D eigenvalue weighted by atomic mass is 9.80. The van der Waals surface area contributed by atoms with E-state index in [-0.39, 0.29) is 18.6 Å². The highest BCUT2D eigenvalue weighted by atomic mass is 16.6. The van der Waals surface area contributed by atoms with Crippen molar-refractivity contribution in [1.82, 2.24) is 10.4 Å². The zero-order chi connectivity index (χ0) is 23.5. The molecular formula is C25H35N4O4+. The second kappa shape index (κ2) is 9.57. The van der Waals surface area contributed by atoms with E-state index in [2.05, 4.69) is 5.43 Å².